The molecule has 2 heterocycles. The second kappa shape index (κ2) is 7.07. The quantitative estimate of drug-likeness (QED) is 0.774. The van der Waals surface area contributed by atoms with Gasteiger partial charge in [0.2, 0.25) is 17.7 Å². The fourth-order valence-electron chi connectivity index (χ4n) is 3.38. The van der Waals surface area contributed by atoms with Crippen LogP contribution in [-0.2, 0) is 9.59 Å². The van der Waals surface area contributed by atoms with Gasteiger partial charge in [0.05, 0.1) is 30.6 Å². The summed E-state index contributed by atoms with van der Waals surface area (Å²) in [6, 6.07) is 17.2. The highest BCUT2D eigenvalue weighted by atomic mass is 16.5. The van der Waals surface area contributed by atoms with E-state index in [0.717, 1.165) is 16.5 Å². The predicted octanol–water partition coefficient (Wildman–Crippen LogP) is 3.24. The molecule has 6 nitrogen and oxygen atoms in total. The Labute approximate surface area is 156 Å². The maximum absolute atomic E-state index is 12.6. The van der Waals surface area contributed by atoms with Crippen molar-refractivity contribution in [2.45, 2.75) is 6.42 Å². The molecule has 1 atom stereocenters. The summed E-state index contributed by atoms with van der Waals surface area (Å²) in [6.45, 7) is 0.363. The maximum Gasteiger partial charge on any atom is 0.229 e. The molecule has 0 saturated carbocycles. The molecule has 2 aromatic carbocycles. The van der Waals surface area contributed by atoms with Crippen molar-refractivity contribution in [1.82, 2.24) is 4.98 Å². The number of carbonyl (C=O) groups excluding carboxylic acids is 2. The Bertz CT molecular complexity index is 996. The average Bonchev–Trinajstić information content (AvgIpc) is 3.10. The van der Waals surface area contributed by atoms with Crippen molar-refractivity contribution in [3.05, 3.63) is 60.8 Å². The Hall–Kier alpha value is -3.41. The van der Waals surface area contributed by atoms with Crippen molar-refractivity contribution in [2.75, 3.05) is 23.9 Å². The third-order valence-electron chi connectivity index (χ3n) is 4.77. The summed E-state index contributed by atoms with van der Waals surface area (Å²) in [6.07, 6.45) is 1.73. The first-order chi connectivity index (χ1) is 13.2. The molecule has 0 radical (unpaired) electrons. The summed E-state index contributed by atoms with van der Waals surface area (Å²) in [5.41, 5.74) is 1.43. The van der Waals surface area contributed by atoms with Crippen molar-refractivity contribution in [2.24, 2.45) is 5.92 Å². The highest BCUT2D eigenvalue weighted by Gasteiger charge is 2.35. The third-order valence-corrected chi connectivity index (χ3v) is 4.77. The summed E-state index contributed by atoms with van der Waals surface area (Å²) in [7, 11) is 1.53. The van der Waals surface area contributed by atoms with Gasteiger partial charge < -0.3 is 15.0 Å². The van der Waals surface area contributed by atoms with Crippen LogP contribution < -0.4 is 15.0 Å². The van der Waals surface area contributed by atoms with Gasteiger partial charge in [0.15, 0.2) is 0 Å². The number of hydrogen-bond acceptors (Lipinski definition) is 4. The van der Waals surface area contributed by atoms with Crippen LogP contribution in [0, 0.1) is 5.92 Å². The third kappa shape index (κ3) is 3.33. The zero-order chi connectivity index (χ0) is 18.8. The molecule has 1 saturated heterocycles. The van der Waals surface area contributed by atoms with Crippen LogP contribution in [0.4, 0.5) is 11.4 Å². The van der Waals surface area contributed by atoms with Gasteiger partial charge >= 0.3 is 0 Å². The fraction of sp³-hybridized carbons (Fsp3) is 0.190. The summed E-state index contributed by atoms with van der Waals surface area (Å²) in [5, 5.41) is 4.91. The number of benzene rings is 2. The van der Waals surface area contributed by atoms with Crippen molar-refractivity contribution < 1.29 is 14.3 Å². The lowest BCUT2D eigenvalue weighted by atomic mass is 10.1. The van der Waals surface area contributed by atoms with Crippen LogP contribution in [0.5, 0.6) is 5.88 Å². The van der Waals surface area contributed by atoms with Crippen molar-refractivity contribution >= 4 is 34.0 Å². The molecular weight excluding hydrogens is 342 g/mol. The van der Waals surface area contributed by atoms with Crippen LogP contribution in [0.15, 0.2) is 60.8 Å². The van der Waals surface area contributed by atoms with Crippen molar-refractivity contribution in [1.29, 1.82) is 0 Å². The van der Waals surface area contributed by atoms with Crippen LogP contribution in [0.2, 0.25) is 0 Å². The van der Waals surface area contributed by atoms with Gasteiger partial charge in [-0.3, -0.25) is 9.59 Å². The van der Waals surface area contributed by atoms with Crippen LogP contribution >= 0.6 is 0 Å². The Kier molecular flexibility index (Phi) is 4.46. The zero-order valence-corrected chi connectivity index (χ0v) is 14.9. The number of anilines is 2. The molecule has 1 fully saturated rings. The number of ether oxygens (including phenoxy) is 1. The van der Waals surface area contributed by atoms with Crippen LogP contribution in [-0.4, -0.2) is 30.5 Å². The smallest absolute Gasteiger partial charge is 0.229 e. The van der Waals surface area contributed by atoms with E-state index in [9.17, 15) is 9.59 Å². The number of pyridine rings is 1. The number of nitrogens with zero attached hydrogens (tertiary/aromatic N) is 2. The normalized spacial score (nSPS) is 16.6. The molecule has 0 aliphatic carbocycles. The molecule has 0 spiro atoms. The largest absolute Gasteiger partial charge is 0.481 e. The van der Waals surface area contributed by atoms with Crippen LogP contribution in [0.25, 0.3) is 10.8 Å². The SMILES string of the molecule is COc1ccc(NC(=O)[C@@H]2CC(=O)N(c3cccc4ccccc34)C2)cn1. The minimum atomic E-state index is -0.404. The molecule has 2 amide bonds. The Morgan fingerprint density at radius 1 is 1.15 bits per heavy atom. The highest BCUT2D eigenvalue weighted by Crippen LogP contribution is 2.32. The Balaban J connectivity index is 1.52. The first-order valence-electron chi connectivity index (χ1n) is 8.75. The monoisotopic (exact) mass is 361 g/mol. The molecule has 27 heavy (non-hydrogen) atoms. The van der Waals surface area contributed by atoms with Gasteiger partial charge in [-0.25, -0.2) is 4.98 Å². The second-order valence-electron chi connectivity index (χ2n) is 6.48. The molecular formula is C21H19N3O3. The summed E-state index contributed by atoms with van der Waals surface area (Å²) in [4.78, 5) is 31.0. The zero-order valence-electron chi connectivity index (χ0n) is 14.9. The molecule has 136 valence electrons. The number of hydrogen-bond donors (Lipinski definition) is 1. The van der Waals surface area contributed by atoms with Crippen LogP contribution in [0.3, 0.4) is 0 Å². The fourth-order valence-corrected chi connectivity index (χ4v) is 3.38. The van der Waals surface area contributed by atoms with E-state index in [4.69, 9.17) is 4.74 Å². The van der Waals surface area contributed by atoms with Crippen LogP contribution in [0.1, 0.15) is 6.42 Å². The van der Waals surface area contributed by atoms with Gasteiger partial charge in [-0.05, 0) is 17.5 Å². The highest BCUT2D eigenvalue weighted by molar-refractivity contribution is 6.08. The van der Waals surface area contributed by atoms with E-state index in [1.165, 1.54) is 13.3 Å². The van der Waals surface area contributed by atoms with E-state index in [0.29, 0.717) is 18.1 Å². The number of amides is 2. The number of carbonyl (C=O) groups is 2. The molecule has 4 rings (SSSR count). The van der Waals surface area contributed by atoms with E-state index in [1.807, 2.05) is 42.5 Å². The molecule has 1 aromatic heterocycles. The summed E-state index contributed by atoms with van der Waals surface area (Å²) >= 11 is 0. The van der Waals surface area contributed by atoms with E-state index in [1.54, 1.807) is 17.0 Å². The van der Waals surface area contributed by atoms with Gasteiger partial charge in [0.1, 0.15) is 0 Å². The van der Waals surface area contributed by atoms with Gasteiger partial charge in [0.25, 0.3) is 0 Å². The average molecular weight is 361 g/mol. The Morgan fingerprint density at radius 2 is 1.96 bits per heavy atom. The van der Waals surface area contributed by atoms with E-state index in [2.05, 4.69) is 10.3 Å². The summed E-state index contributed by atoms with van der Waals surface area (Å²) < 4.78 is 5.01. The molecule has 1 aliphatic heterocycles. The van der Waals surface area contributed by atoms with E-state index in [-0.39, 0.29) is 18.2 Å². The number of aromatic nitrogens is 1. The topological polar surface area (TPSA) is 71.5 Å². The number of methoxy groups -OCH3 is 1. The lowest BCUT2D eigenvalue weighted by molar-refractivity contribution is -0.122. The van der Waals surface area contributed by atoms with E-state index >= 15 is 0 Å². The Morgan fingerprint density at radius 3 is 2.74 bits per heavy atom. The molecule has 1 aliphatic rings. The van der Waals surface area contributed by atoms with Gasteiger partial charge in [-0.1, -0.05) is 36.4 Å². The molecule has 6 heteroatoms. The number of nitrogens with one attached hydrogen (secondary N) is 1. The molecule has 1 N–H and O–H groups in total. The van der Waals surface area contributed by atoms with Crippen molar-refractivity contribution in [3.8, 4) is 5.88 Å². The molecule has 3 aromatic rings. The van der Waals surface area contributed by atoms with Crippen molar-refractivity contribution in [3.63, 3.8) is 0 Å². The van der Waals surface area contributed by atoms with Gasteiger partial charge in [-0.15, -0.1) is 0 Å². The maximum atomic E-state index is 12.6. The van der Waals surface area contributed by atoms with Gasteiger partial charge in [0, 0.05) is 24.4 Å². The predicted molar refractivity (Wildman–Crippen MR) is 104 cm³/mol. The molecule has 0 bridgehead atoms. The minimum Gasteiger partial charge on any atom is -0.481 e. The first kappa shape index (κ1) is 17.0. The van der Waals surface area contributed by atoms with E-state index < -0.39 is 5.92 Å². The standard InChI is InChI=1S/C21H19N3O3/c1-27-19-10-9-16(12-22-19)23-21(26)15-11-20(25)24(13-15)18-8-4-6-14-5-2-3-7-17(14)18/h2-10,12,15H,11,13H2,1H3,(H,23,26)/t15-/m1/s1. The second-order valence-corrected chi connectivity index (χ2v) is 6.48. The lowest BCUT2D eigenvalue weighted by Crippen LogP contribution is -2.28. The lowest BCUT2D eigenvalue weighted by Gasteiger charge is -2.19. The summed E-state index contributed by atoms with van der Waals surface area (Å²) in [5.74, 6) is -0.151. The first-order valence-corrected chi connectivity index (χ1v) is 8.75. The van der Waals surface area contributed by atoms with Gasteiger partial charge in [-0.2, -0.15) is 0 Å². The molecule has 0 unspecified atom stereocenters. The minimum absolute atomic E-state index is 0.0423. The number of rotatable bonds is 4. The number of fused-ring (bicyclic) bond motifs is 1.